The third-order valence-electron chi connectivity index (χ3n) is 4.26. The molecule has 17 heavy (non-hydrogen) atoms. The van der Waals surface area contributed by atoms with Crippen molar-refractivity contribution in [2.24, 2.45) is 5.92 Å². The Morgan fingerprint density at radius 2 is 2.06 bits per heavy atom. The highest BCUT2D eigenvalue weighted by molar-refractivity contribution is 5.68. The molecule has 4 nitrogen and oxygen atoms in total. The van der Waals surface area contributed by atoms with E-state index in [0.717, 1.165) is 38.6 Å². The van der Waals surface area contributed by atoms with Gasteiger partial charge in [-0.1, -0.05) is 19.3 Å². The van der Waals surface area contributed by atoms with Crippen LogP contribution in [-0.2, 0) is 9.53 Å². The third-order valence-corrected chi connectivity index (χ3v) is 4.26. The van der Waals surface area contributed by atoms with Crippen LogP contribution in [0, 0.1) is 5.92 Å². The fourth-order valence-corrected chi connectivity index (χ4v) is 3.06. The van der Waals surface area contributed by atoms with Crippen LogP contribution in [0.25, 0.3) is 0 Å². The second-order valence-corrected chi connectivity index (χ2v) is 5.67. The minimum atomic E-state index is -0.682. The quantitative estimate of drug-likeness (QED) is 0.796. The molecule has 1 aliphatic carbocycles. The zero-order valence-electron chi connectivity index (χ0n) is 10.7. The molecule has 1 saturated heterocycles. The van der Waals surface area contributed by atoms with E-state index in [1.807, 2.05) is 0 Å². The fraction of sp³-hybridized carbons (Fsp3) is 0.923. The number of hydrogen-bond donors (Lipinski definition) is 1. The molecule has 1 heterocycles. The molecule has 1 saturated carbocycles. The van der Waals surface area contributed by atoms with Crippen molar-refractivity contribution < 1.29 is 14.6 Å². The van der Waals surface area contributed by atoms with Gasteiger partial charge in [-0.25, -0.2) is 0 Å². The van der Waals surface area contributed by atoms with E-state index in [-0.39, 0.29) is 12.0 Å². The maximum atomic E-state index is 11.1. The largest absolute Gasteiger partial charge is 0.481 e. The predicted octanol–water partition coefficient (Wildman–Crippen LogP) is 1.74. The van der Waals surface area contributed by atoms with Crippen molar-refractivity contribution in [2.45, 2.75) is 44.6 Å². The molecular formula is C13H23NO3. The molecule has 1 atom stereocenters. The number of hydrogen-bond acceptors (Lipinski definition) is 3. The van der Waals surface area contributed by atoms with E-state index in [1.54, 1.807) is 0 Å². The lowest BCUT2D eigenvalue weighted by Crippen LogP contribution is -2.54. The Morgan fingerprint density at radius 1 is 1.41 bits per heavy atom. The lowest BCUT2D eigenvalue weighted by Gasteiger charge is -2.45. The number of morpholine rings is 1. The standard InChI is InChI=1S/C13H23NO3/c1-13(10-12(15)16,9-11-3-2-4-11)14-5-7-17-8-6-14/h11H,2-10H2,1H3,(H,15,16). The van der Waals surface area contributed by atoms with E-state index in [0.29, 0.717) is 0 Å². The van der Waals surface area contributed by atoms with Crippen LogP contribution in [0.1, 0.15) is 39.0 Å². The lowest BCUT2D eigenvalue weighted by molar-refractivity contribution is -0.142. The Balaban J connectivity index is 2.00. The maximum Gasteiger partial charge on any atom is 0.305 e. The Morgan fingerprint density at radius 3 is 2.53 bits per heavy atom. The van der Waals surface area contributed by atoms with Crippen molar-refractivity contribution in [1.82, 2.24) is 4.90 Å². The molecule has 4 heteroatoms. The molecule has 1 aliphatic heterocycles. The number of carboxylic acids is 1. The van der Waals surface area contributed by atoms with Crippen LogP contribution in [0.4, 0.5) is 0 Å². The van der Waals surface area contributed by atoms with Crippen LogP contribution in [-0.4, -0.2) is 47.8 Å². The van der Waals surface area contributed by atoms with Crippen molar-refractivity contribution in [3.63, 3.8) is 0 Å². The van der Waals surface area contributed by atoms with E-state index in [2.05, 4.69) is 11.8 Å². The minimum Gasteiger partial charge on any atom is -0.481 e. The van der Waals surface area contributed by atoms with Crippen molar-refractivity contribution >= 4 is 5.97 Å². The molecule has 2 aliphatic rings. The van der Waals surface area contributed by atoms with Gasteiger partial charge in [-0.2, -0.15) is 0 Å². The van der Waals surface area contributed by atoms with E-state index in [9.17, 15) is 4.79 Å². The smallest absolute Gasteiger partial charge is 0.305 e. The van der Waals surface area contributed by atoms with Gasteiger partial charge in [-0.15, -0.1) is 0 Å². The summed E-state index contributed by atoms with van der Waals surface area (Å²) in [5, 5.41) is 9.13. The summed E-state index contributed by atoms with van der Waals surface area (Å²) in [5.74, 6) is 0.0560. The van der Waals surface area contributed by atoms with Gasteiger partial charge >= 0.3 is 5.97 Å². The van der Waals surface area contributed by atoms with Crippen LogP contribution in [0.2, 0.25) is 0 Å². The second kappa shape index (κ2) is 5.36. The zero-order valence-corrected chi connectivity index (χ0v) is 10.7. The molecule has 0 amide bonds. The molecule has 0 aromatic heterocycles. The van der Waals surface area contributed by atoms with Gasteiger partial charge in [0.15, 0.2) is 0 Å². The summed E-state index contributed by atoms with van der Waals surface area (Å²) in [6.07, 6.45) is 5.15. The second-order valence-electron chi connectivity index (χ2n) is 5.67. The van der Waals surface area contributed by atoms with Gasteiger partial charge in [0.05, 0.1) is 19.6 Å². The van der Waals surface area contributed by atoms with Gasteiger partial charge < -0.3 is 9.84 Å². The number of rotatable bonds is 5. The monoisotopic (exact) mass is 241 g/mol. The summed E-state index contributed by atoms with van der Waals surface area (Å²) in [6.45, 7) is 5.33. The molecule has 1 N–H and O–H groups in total. The van der Waals surface area contributed by atoms with Crippen LogP contribution in [0.3, 0.4) is 0 Å². The average Bonchev–Trinajstić information content (AvgIpc) is 2.24. The maximum absolute atomic E-state index is 11.1. The summed E-state index contributed by atoms with van der Waals surface area (Å²) < 4.78 is 5.36. The van der Waals surface area contributed by atoms with E-state index in [4.69, 9.17) is 9.84 Å². The van der Waals surface area contributed by atoms with Crippen LogP contribution in [0.15, 0.2) is 0 Å². The lowest BCUT2D eigenvalue weighted by atomic mass is 9.74. The van der Waals surface area contributed by atoms with E-state index >= 15 is 0 Å². The highest BCUT2D eigenvalue weighted by atomic mass is 16.5. The molecule has 0 spiro atoms. The normalized spacial score (nSPS) is 26.2. The number of carbonyl (C=O) groups is 1. The highest BCUT2D eigenvalue weighted by Gasteiger charge is 2.38. The Hall–Kier alpha value is -0.610. The summed E-state index contributed by atoms with van der Waals surface area (Å²) in [5.41, 5.74) is -0.180. The van der Waals surface area contributed by atoms with E-state index < -0.39 is 5.97 Å². The molecule has 0 aromatic carbocycles. The summed E-state index contributed by atoms with van der Waals surface area (Å²) in [6, 6.07) is 0. The van der Waals surface area contributed by atoms with Gasteiger partial charge in [0.1, 0.15) is 0 Å². The Kier molecular flexibility index (Phi) is 4.05. The highest BCUT2D eigenvalue weighted by Crippen LogP contribution is 2.37. The third kappa shape index (κ3) is 3.19. The van der Waals surface area contributed by atoms with Gasteiger partial charge in [0.25, 0.3) is 0 Å². The van der Waals surface area contributed by atoms with E-state index in [1.165, 1.54) is 19.3 Å². The molecule has 2 fully saturated rings. The van der Waals surface area contributed by atoms with Gasteiger partial charge in [0, 0.05) is 18.6 Å². The first-order valence-electron chi connectivity index (χ1n) is 6.65. The first-order chi connectivity index (χ1) is 8.10. The SMILES string of the molecule is CC(CC(=O)O)(CC1CCC1)N1CCOCC1. The zero-order chi connectivity index (χ0) is 12.3. The molecule has 98 valence electrons. The van der Waals surface area contributed by atoms with Crippen molar-refractivity contribution in [3.05, 3.63) is 0 Å². The van der Waals surface area contributed by atoms with Crippen LogP contribution >= 0.6 is 0 Å². The fourth-order valence-electron chi connectivity index (χ4n) is 3.06. The van der Waals surface area contributed by atoms with Crippen LogP contribution in [0.5, 0.6) is 0 Å². The van der Waals surface area contributed by atoms with Gasteiger partial charge in [-0.05, 0) is 19.3 Å². The molecule has 0 radical (unpaired) electrons. The first kappa shape index (κ1) is 12.8. The topological polar surface area (TPSA) is 49.8 Å². The van der Waals surface area contributed by atoms with Gasteiger partial charge in [0.2, 0.25) is 0 Å². The van der Waals surface area contributed by atoms with Crippen LogP contribution < -0.4 is 0 Å². The number of carboxylic acid groups (broad SMARTS) is 1. The first-order valence-corrected chi connectivity index (χ1v) is 6.65. The number of aliphatic carboxylic acids is 1. The van der Waals surface area contributed by atoms with Crippen molar-refractivity contribution in [2.75, 3.05) is 26.3 Å². The summed E-state index contributed by atoms with van der Waals surface area (Å²) in [7, 11) is 0. The predicted molar refractivity (Wildman–Crippen MR) is 65.0 cm³/mol. The molecule has 1 unspecified atom stereocenters. The minimum absolute atomic E-state index is 0.180. The number of ether oxygens (including phenoxy) is 1. The summed E-state index contributed by atoms with van der Waals surface area (Å²) >= 11 is 0. The molecule has 0 bridgehead atoms. The molecule has 2 rings (SSSR count). The van der Waals surface area contributed by atoms with Gasteiger partial charge in [-0.3, -0.25) is 9.69 Å². The Bertz CT molecular complexity index is 272. The molecular weight excluding hydrogens is 218 g/mol. The van der Waals surface area contributed by atoms with Crippen molar-refractivity contribution in [1.29, 1.82) is 0 Å². The van der Waals surface area contributed by atoms with Crippen molar-refractivity contribution in [3.8, 4) is 0 Å². The number of nitrogens with zero attached hydrogens (tertiary/aromatic N) is 1. The molecule has 0 aromatic rings. The average molecular weight is 241 g/mol. The summed E-state index contributed by atoms with van der Waals surface area (Å²) in [4.78, 5) is 13.4. The Labute approximate surface area is 103 Å².